The summed E-state index contributed by atoms with van der Waals surface area (Å²) >= 11 is 5.88. The Bertz CT molecular complexity index is 958. The van der Waals surface area contributed by atoms with Gasteiger partial charge in [0, 0.05) is 18.1 Å². The van der Waals surface area contributed by atoms with Crippen LogP contribution in [0.3, 0.4) is 0 Å². The molecule has 3 nitrogen and oxygen atoms in total. The molecule has 0 aromatic heterocycles. The molecule has 0 bridgehead atoms. The van der Waals surface area contributed by atoms with Gasteiger partial charge in [0.05, 0.1) is 5.56 Å². The van der Waals surface area contributed by atoms with Crippen LogP contribution in [-0.2, 0) is 24.1 Å². The summed E-state index contributed by atoms with van der Waals surface area (Å²) < 4.78 is 38.2. The van der Waals surface area contributed by atoms with Gasteiger partial charge in [-0.15, -0.1) is 0 Å². The largest absolute Gasteiger partial charge is 0.416 e. The summed E-state index contributed by atoms with van der Waals surface area (Å²) in [6.07, 6.45) is -4.37. The zero-order chi connectivity index (χ0) is 21.6. The zero-order valence-electron chi connectivity index (χ0n) is 15.9. The van der Waals surface area contributed by atoms with Gasteiger partial charge >= 0.3 is 6.18 Å². The Labute approximate surface area is 177 Å². The number of carbonyl (C=O) groups is 1. The van der Waals surface area contributed by atoms with Gasteiger partial charge < -0.3 is 5.32 Å². The van der Waals surface area contributed by atoms with Gasteiger partial charge in [0.25, 0.3) is 0 Å². The molecule has 0 saturated carbocycles. The lowest BCUT2D eigenvalue weighted by Gasteiger charge is -2.19. The first-order valence-corrected chi connectivity index (χ1v) is 9.67. The Kier molecular flexibility index (Phi) is 7.13. The third kappa shape index (κ3) is 6.08. The van der Waals surface area contributed by atoms with Crippen LogP contribution in [-0.4, -0.2) is 5.91 Å². The Hall–Kier alpha value is -2.83. The highest BCUT2D eigenvalue weighted by Crippen LogP contribution is 2.29. The van der Waals surface area contributed by atoms with Gasteiger partial charge in [0.15, 0.2) is 0 Å². The molecule has 0 aliphatic rings. The lowest BCUT2D eigenvalue weighted by atomic mass is 10.0. The van der Waals surface area contributed by atoms with E-state index in [4.69, 9.17) is 11.6 Å². The van der Waals surface area contributed by atoms with E-state index in [9.17, 15) is 18.0 Å². The molecule has 1 unspecified atom stereocenters. The molecule has 2 N–H and O–H groups in total. The smallest absolute Gasteiger partial charge is 0.350 e. The average Bonchev–Trinajstić information content (AvgIpc) is 2.74. The van der Waals surface area contributed by atoms with Gasteiger partial charge in [0.2, 0.25) is 5.91 Å². The summed E-state index contributed by atoms with van der Waals surface area (Å²) in [5, 5.41) is 6.65. The van der Waals surface area contributed by atoms with Gasteiger partial charge in [0.1, 0.15) is 6.04 Å². The van der Waals surface area contributed by atoms with Crippen molar-refractivity contribution in [3.63, 3.8) is 0 Å². The molecule has 0 heterocycles. The predicted octanol–water partition coefficient (Wildman–Crippen LogP) is 5.51. The third-order valence-electron chi connectivity index (χ3n) is 4.57. The molecule has 0 spiro atoms. The lowest BCUT2D eigenvalue weighted by Crippen LogP contribution is -2.37. The first kappa shape index (κ1) is 21.9. The van der Waals surface area contributed by atoms with Crippen molar-refractivity contribution in [3.8, 4) is 0 Å². The van der Waals surface area contributed by atoms with Gasteiger partial charge in [-0.1, -0.05) is 66.2 Å². The fourth-order valence-corrected chi connectivity index (χ4v) is 3.06. The third-order valence-corrected chi connectivity index (χ3v) is 4.82. The second-order valence-corrected chi connectivity index (χ2v) is 7.20. The molecule has 0 saturated heterocycles. The van der Waals surface area contributed by atoms with Crippen LogP contribution in [0.4, 0.5) is 13.2 Å². The van der Waals surface area contributed by atoms with E-state index in [1.807, 2.05) is 42.5 Å². The number of halogens is 4. The molecule has 7 heteroatoms. The quantitative estimate of drug-likeness (QED) is 0.517. The maximum Gasteiger partial charge on any atom is 0.416 e. The van der Waals surface area contributed by atoms with E-state index in [1.165, 1.54) is 12.1 Å². The van der Waals surface area contributed by atoms with E-state index in [1.54, 1.807) is 12.1 Å². The Morgan fingerprint density at radius 1 is 0.833 bits per heavy atom. The van der Waals surface area contributed by atoms with Crippen LogP contribution in [0.15, 0.2) is 78.9 Å². The van der Waals surface area contributed by atoms with Crippen LogP contribution in [0.5, 0.6) is 0 Å². The normalized spacial score (nSPS) is 12.4. The van der Waals surface area contributed by atoms with Crippen molar-refractivity contribution in [1.29, 1.82) is 0 Å². The SMILES string of the molecule is O=C(NCc1ccc(Cl)cc1)C(NCc1ccc(C(F)(F)F)cc1)c1ccccc1. The highest BCUT2D eigenvalue weighted by atomic mass is 35.5. The van der Waals surface area contributed by atoms with Crippen molar-refractivity contribution < 1.29 is 18.0 Å². The van der Waals surface area contributed by atoms with E-state index in [2.05, 4.69) is 10.6 Å². The molecule has 0 aliphatic carbocycles. The molecule has 0 fully saturated rings. The molecule has 0 radical (unpaired) electrons. The number of carbonyl (C=O) groups excluding carboxylic acids is 1. The fraction of sp³-hybridized carbons (Fsp3) is 0.174. The molecule has 30 heavy (non-hydrogen) atoms. The molecular formula is C23H20ClF3N2O. The van der Waals surface area contributed by atoms with Gasteiger partial charge in [-0.2, -0.15) is 13.2 Å². The topological polar surface area (TPSA) is 41.1 Å². The van der Waals surface area contributed by atoms with Crippen LogP contribution in [0, 0.1) is 0 Å². The average molecular weight is 433 g/mol. The van der Waals surface area contributed by atoms with Crippen molar-refractivity contribution in [2.45, 2.75) is 25.3 Å². The minimum atomic E-state index is -4.37. The number of hydrogen-bond acceptors (Lipinski definition) is 2. The molecule has 156 valence electrons. The standard InChI is InChI=1S/C23H20ClF3N2O/c24-20-12-8-17(9-13-20)15-29-22(30)21(18-4-2-1-3-5-18)28-14-16-6-10-19(11-7-16)23(25,26)27/h1-13,21,28H,14-15H2,(H,29,30). The molecule has 0 aliphatic heterocycles. The van der Waals surface area contributed by atoms with Crippen molar-refractivity contribution in [2.24, 2.45) is 0 Å². The molecular weight excluding hydrogens is 413 g/mol. The van der Waals surface area contributed by atoms with Gasteiger partial charge in [-0.3, -0.25) is 10.1 Å². The van der Waals surface area contributed by atoms with Crippen LogP contribution < -0.4 is 10.6 Å². The number of benzene rings is 3. The van der Waals surface area contributed by atoms with Crippen molar-refractivity contribution in [3.05, 3.63) is 106 Å². The summed E-state index contributed by atoms with van der Waals surface area (Å²) in [6.45, 7) is 0.577. The van der Waals surface area contributed by atoms with E-state index >= 15 is 0 Å². The van der Waals surface area contributed by atoms with Crippen molar-refractivity contribution in [1.82, 2.24) is 10.6 Å². The number of nitrogens with one attached hydrogen (secondary N) is 2. The second kappa shape index (κ2) is 9.78. The van der Waals surface area contributed by atoms with Gasteiger partial charge in [-0.25, -0.2) is 0 Å². The fourth-order valence-electron chi connectivity index (χ4n) is 2.93. The first-order chi connectivity index (χ1) is 14.3. The summed E-state index contributed by atoms with van der Waals surface area (Å²) in [6, 6.07) is 20.6. The molecule has 3 aromatic rings. The Morgan fingerprint density at radius 3 is 2.00 bits per heavy atom. The monoisotopic (exact) mass is 432 g/mol. The summed E-state index contributed by atoms with van der Waals surface area (Å²) in [5.41, 5.74) is 1.61. The molecule has 3 rings (SSSR count). The Balaban J connectivity index is 1.68. The maximum absolute atomic E-state index is 12.8. The minimum Gasteiger partial charge on any atom is -0.350 e. The van der Waals surface area contributed by atoms with Crippen LogP contribution in [0.1, 0.15) is 28.3 Å². The Morgan fingerprint density at radius 2 is 1.40 bits per heavy atom. The van der Waals surface area contributed by atoms with Crippen LogP contribution >= 0.6 is 11.6 Å². The molecule has 3 aromatic carbocycles. The summed E-state index contributed by atoms with van der Waals surface area (Å²) in [5.74, 6) is -0.233. The van der Waals surface area contributed by atoms with Gasteiger partial charge in [-0.05, 0) is 41.0 Å². The summed E-state index contributed by atoms with van der Waals surface area (Å²) in [4.78, 5) is 12.8. The van der Waals surface area contributed by atoms with Crippen molar-refractivity contribution >= 4 is 17.5 Å². The van der Waals surface area contributed by atoms with Crippen molar-refractivity contribution in [2.75, 3.05) is 0 Å². The second-order valence-electron chi connectivity index (χ2n) is 6.76. The van der Waals surface area contributed by atoms with E-state index in [-0.39, 0.29) is 12.5 Å². The number of hydrogen-bond donors (Lipinski definition) is 2. The minimum absolute atomic E-state index is 0.233. The highest BCUT2D eigenvalue weighted by molar-refractivity contribution is 6.30. The number of alkyl halides is 3. The van der Waals surface area contributed by atoms with E-state index in [0.29, 0.717) is 17.1 Å². The number of rotatable bonds is 7. The van der Waals surface area contributed by atoms with Crippen LogP contribution in [0.25, 0.3) is 0 Å². The first-order valence-electron chi connectivity index (χ1n) is 9.29. The predicted molar refractivity (Wildman–Crippen MR) is 111 cm³/mol. The zero-order valence-corrected chi connectivity index (χ0v) is 16.7. The van der Waals surface area contributed by atoms with Crippen LogP contribution in [0.2, 0.25) is 5.02 Å². The summed E-state index contributed by atoms with van der Waals surface area (Å²) in [7, 11) is 0. The van der Waals surface area contributed by atoms with E-state index < -0.39 is 17.8 Å². The molecule has 1 atom stereocenters. The highest BCUT2D eigenvalue weighted by Gasteiger charge is 2.30. The molecule has 1 amide bonds. The maximum atomic E-state index is 12.8. The number of amides is 1. The van der Waals surface area contributed by atoms with E-state index in [0.717, 1.165) is 23.3 Å². The lowest BCUT2D eigenvalue weighted by molar-refractivity contribution is -0.137.